The van der Waals surface area contributed by atoms with Crippen LogP contribution in [0, 0.1) is 11.2 Å². The van der Waals surface area contributed by atoms with Gasteiger partial charge in [0, 0.05) is 36.1 Å². The molecule has 37 heavy (non-hydrogen) atoms. The fourth-order valence-corrected chi connectivity index (χ4v) is 5.75. The maximum atomic E-state index is 13.7. The lowest BCUT2D eigenvalue weighted by atomic mass is 9.79. The second kappa shape index (κ2) is 10.6. The van der Waals surface area contributed by atoms with Crippen molar-refractivity contribution in [1.82, 2.24) is 14.9 Å². The summed E-state index contributed by atoms with van der Waals surface area (Å²) in [5, 5.41) is 7.09. The van der Waals surface area contributed by atoms with Crippen molar-refractivity contribution >= 4 is 51.3 Å². The number of hydrogen-bond acceptors (Lipinski definition) is 6. The van der Waals surface area contributed by atoms with E-state index in [1.165, 1.54) is 31.3 Å². The molecule has 2 N–H and O–H groups in total. The normalized spacial score (nSPS) is 20.3. The number of anilines is 4. The van der Waals surface area contributed by atoms with Gasteiger partial charge in [-0.1, -0.05) is 24.6 Å². The van der Waals surface area contributed by atoms with Crippen LogP contribution in [0.5, 0.6) is 0 Å². The second-order valence-electron chi connectivity index (χ2n) is 10.2. The van der Waals surface area contributed by atoms with Crippen LogP contribution in [0.3, 0.4) is 0 Å². The van der Waals surface area contributed by atoms with Crippen molar-refractivity contribution in [2.45, 2.75) is 32.6 Å². The number of piperidine rings is 1. The van der Waals surface area contributed by atoms with Crippen molar-refractivity contribution in [3.8, 4) is 0 Å². The zero-order chi connectivity index (χ0) is 26.0. The Labute approximate surface area is 221 Å². The minimum atomic E-state index is -0.484. The molecule has 0 radical (unpaired) electrons. The summed E-state index contributed by atoms with van der Waals surface area (Å²) in [6.45, 7) is 6.07. The Kier molecular flexibility index (Phi) is 7.31. The highest BCUT2D eigenvalue weighted by Crippen LogP contribution is 2.42. The van der Waals surface area contributed by atoms with Crippen molar-refractivity contribution in [2.75, 3.05) is 48.8 Å². The number of carbonyl (C=O) groups is 1. The lowest BCUT2D eigenvalue weighted by Gasteiger charge is -2.42. The van der Waals surface area contributed by atoms with E-state index in [4.69, 9.17) is 11.6 Å². The molecular weight excluding hydrogens is 491 g/mol. The zero-order valence-corrected chi connectivity index (χ0v) is 22.0. The van der Waals surface area contributed by atoms with E-state index in [1.807, 2.05) is 25.1 Å². The summed E-state index contributed by atoms with van der Waals surface area (Å²) in [5.74, 6) is -0.111. The number of carbonyl (C=O) groups excluding carboxylic acids is 1. The molecule has 1 amide bonds. The van der Waals surface area contributed by atoms with Gasteiger partial charge >= 0.3 is 0 Å². The van der Waals surface area contributed by atoms with Crippen LogP contribution >= 0.6 is 11.6 Å². The fraction of sp³-hybridized carbons (Fsp3) is 0.393. The third-order valence-corrected chi connectivity index (χ3v) is 7.62. The standard InChI is InChI=1S/C28H32ClFN6O/c1-3-4-6-26(37)34-24-14-20-23(31-18-32-27(20)33-19-7-8-22(30)21(29)13-19)15-25(24)36-11-5-9-28(17-36)10-12-35(2)16-28/h4,6-8,13-15,18H,3,5,9-12,16-17H2,1-2H3,(H,34,37)(H,31,32,33)/b6-4+. The van der Waals surface area contributed by atoms with E-state index in [-0.39, 0.29) is 16.3 Å². The van der Waals surface area contributed by atoms with Gasteiger partial charge < -0.3 is 20.4 Å². The lowest BCUT2D eigenvalue weighted by molar-refractivity contribution is -0.111. The summed E-state index contributed by atoms with van der Waals surface area (Å²) < 4.78 is 13.7. The SMILES string of the molecule is CC/C=C/C(=O)Nc1cc2c(Nc3ccc(F)c(Cl)c3)ncnc2cc1N1CCCC2(CCN(C)C2)C1. The number of likely N-dealkylation sites (tertiary alicyclic amines) is 1. The smallest absolute Gasteiger partial charge is 0.248 e. The van der Waals surface area contributed by atoms with E-state index >= 15 is 0 Å². The Hall–Kier alpha value is -3.23. The van der Waals surface area contributed by atoms with E-state index in [0.717, 1.165) is 61.3 Å². The van der Waals surface area contributed by atoms with Crippen LogP contribution in [-0.2, 0) is 4.79 Å². The summed E-state index contributed by atoms with van der Waals surface area (Å²) in [5.41, 5.74) is 3.32. The minimum Gasteiger partial charge on any atom is -0.369 e. The first-order chi connectivity index (χ1) is 17.9. The van der Waals surface area contributed by atoms with E-state index in [0.29, 0.717) is 11.5 Å². The second-order valence-corrected chi connectivity index (χ2v) is 10.6. The average molecular weight is 523 g/mol. The van der Waals surface area contributed by atoms with E-state index in [9.17, 15) is 9.18 Å². The summed E-state index contributed by atoms with van der Waals surface area (Å²) in [6.07, 6.45) is 9.21. The molecule has 3 aromatic rings. The highest BCUT2D eigenvalue weighted by atomic mass is 35.5. The van der Waals surface area contributed by atoms with Crippen molar-refractivity contribution < 1.29 is 9.18 Å². The van der Waals surface area contributed by atoms with Gasteiger partial charge in [-0.25, -0.2) is 14.4 Å². The number of rotatable bonds is 6. The maximum absolute atomic E-state index is 13.7. The minimum absolute atomic E-state index is 0.0258. The Morgan fingerprint density at radius 3 is 2.81 bits per heavy atom. The first-order valence-electron chi connectivity index (χ1n) is 12.8. The van der Waals surface area contributed by atoms with Gasteiger partial charge in [-0.2, -0.15) is 0 Å². The molecule has 9 heteroatoms. The van der Waals surface area contributed by atoms with Crippen LogP contribution in [0.15, 0.2) is 48.8 Å². The van der Waals surface area contributed by atoms with Crippen molar-refractivity contribution in [1.29, 1.82) is 0 Å². The van der Waals surface area contributed by atoms with Gasteiger partial charge in [0.15, 0.2) is 0 Å². The molecule has 7 nitrogen and oxygen atoms in total. The molecule has 5 rings (SSSR count). The van der Waals surface area contributed by atoms with Crippen LogP contribution < -0.4 is 15.5 Å². The number of benzene rings is 2. The van der Waals surface area contributed by atoms with Gasteiger partial charge in [0.1, 0.15) is 18.0 Å². The Morgan fingerprint density at radius 2 is 2.05 bits per heavy atom. The lowest BCUT2D eigenvalue weighted by Crippen LogP contribution is -2.45. The predicted octanol–water partition coefficient (Wildman–Crippen LogP) is 5.99. The molecule has 2 aromatic carbocycles. The van der Waals surface area contributed by atoms with E-state index in [1.54, 1.807) is 12.1 Å². The topological polar surface area (TPSA) is 73.4 Å². The van der Waals surface area contributed by atoms with Crippen LogP contribution in [0.25, 0.3) is 10.9 Å². The van der Waals surface area contributed by atoms with E-state index in [2.05, 4.69) is 37.4 Å². The number of nitrogens with one attached hydrogen (secondary N) is 2. The van der Waals surface area contributed by atoms with Crippen molar-refractivity contribution in [2.24, 2.45) is 5.41 Å². The number of aromatic nitrogens is 2. The molecule has 1 atom stereocenters. The summed E-state index contributed by atoms with van der Waals surface area (Å²) in [7, 11) is 2.19. The first kappa shape index (κ1) is 25.4. The molecule has 3 heterocycles. The molecule has 0 bridgehead atoms. The summed E-state index contributed by atoms with van der Waals surface area (Å²) in [6, 6.07) is 8.40. The Bertz CT molecular complexity index is 1340. The molecule has 2 aliphatic rings. The van der Waals surface area contributed by atoms with Gasteiger partial charge in [-0.05, 0) is 75.7 Å². The highest BCUT2D eigenvalue weighted by Gasteiger charge is 2.40. The van der Waals surface area contributed by atoms with Gasteiger partial charge in [0.25, 0.3) is 0 Å². The molecule has 0 saturated carbocycles. The largest absolute Gasteiger partial charge is 0.369 e. The van der Waals surface area contributed by atoms with Crippen molar-refractivity contribution in [3.05, 3.63) is 59.7 Å². The van der Waals surface area contributed by atoms with Crippen LogP contribution in [0.4, 0.5) is 27.3 Å². The number of nitrogens with zero attached hydrogens (tertiary/aromatic N) is 4. The summed E-state index contributed by atoms with van der Waals surface area (Å²) in [4.78, 5) is 26.5. The van der Waals surface area contributed by atoms with Gasteiger partial charge in [0.2, 0.25) is 5.91 Å². The zero-order valence-electron chi connectivity index (χ0n) is 21.2. The molecule has 2 saturated heterocycles. The highest BCUT2D eigenvalue weighted by molar-refractivity contribution is 6.31. The third kappa shape index (κ3) is 5.55. The molecule has 2 aliphatic heterocycles. The summed E-state index contributed by atoms with van der Waals surface area (Å²) >= 11 is 5.98. The van der Waals surface area contributed by atoms with Gasteiger partial charge in [-0.3, -0.25) is 4.79 Å². The maximum Gasteiger partial charge on any atom is 0.248 e. The fourth-order valence-electron chi connectivity index (χ4n) is 5.57. The van der Waals surface area contributed by atoms with Crippen LogP contribution in [0.1, 0.15) is 32.6 Å². The molecule has 1 aromatic heterocycles. The van der Waals surface area contributed by atoms with Crippen molar-refractivity contribution in [3.63, 3.8) is 0 Å². The molecule has 2 fully saturated rings. The number of halogens is 2. The quantitative estimate of drug-likeness (QED) is 0.387. The molecular formula is C28H32ClFN6O. The molecule has 194 valence electrons. The van der Waals surface area contributed by atoms with Gasteiger partial charge in [0.05, 0.1) is 21.9 Å². The number of allylic oxidation sites excluding steroid dienone is 1. The first-order valence-corrected chi connectivity index (χ1v) is 13.2. The van der Waals surface area contributed by atoms with E-state index < -0.39 is 5.82 Å². The molecule has 1 spiro atoms. The van der Waals surface area contributed by atoms with Crippen LogP contribution in [-0.4, -0.2) is 54.0 Å². The number of amides is 1. The molecule has 0 aliphatic carbocycles. The Morgan fingerprint density at radius 1 is 1.19 bits per heavy atom. The van der Waals surface area contributed by atoms with Gasteiger partial charge in [-0.15, -0.1) is 0 Å². The third-order valence-electron chi connectivity index (χ3n) is 7.33. The molecule has 1 unspecified atom stereocenters. The van der Waals surface area contributed by atoms with Crippen LogP contribution in [0.2, 0.25) is 5.02 Å². The number of hydrogen-bond donors (Lipinski definition) is 2. The Balaban J connectivity index is 1.54. The predicted molar refractivity (Wildman–Crippen MR) is 148 cm³/mol. The number of fused-ring (bicyclic) bond motifs is 1. The average Bonchev–Trinajstić information content (AvgIpc) is 3.24. The monoisotopic (exact) mass is 522 g/mol.